The highest BCUT2D eigenvalue weighted by atomic mass is 35.5. The van der Waals surface area contributed by atoms with Crippen LogP contribution in [0.25, 0.3) is 0 Å². The number of anilines is 2. The molecule has 5 nitrogen and oxygen atoms in total. The predicted octanol–water partition coefficient (Wildman–Crippen LogP) is 5.11. The lowest BCUT2D eigenvalue weighted by molar-refractivity contribution is -0.124. The zero-order valence-electron chi connectivity index (χ0n) is 16.8. The minimum absolute atomic E-state index is 0.0657. The van der Waals surface area contributed by atoms with Crippen molar-refractivity contribution in [2.24, 2.45) is 0 Å². The number of nitrogens with one attached hydrogen (secondary N) is 1. The second-order valence-electron chi connectivity index (χ2n) is 7.23. The summed E-state index contributed by atoms with van der Waals surface area (Å²) >= 11 is 13.1. The molecule has 1 atom stereocenters. The third-order valence-electron chi connectivity index (χ3n) is 5.09. The number of thiocarbonyl (C=S) groups is 1. The zero-order valence-corrected chi connectivity index (χ0v) is 19.2. The summed E-state index contributed by atoms with van der Waals surface area (Å²) in [6, 6.07) is 15.6. The van der Waals surface area contributed by atoms with E-state index < -0.39 is 11.9 Å². The van der Waals surface area contributed by atoms with Crippen LogP contribution in [0.1, 0.15) is 11.3 Å². The first-order chi connectivity index (χ1) is 15.4. The normalized spacial score (nSPS) is 16.0. The molecule has 4 rings (SSSR count). The maximum absolute atomic E-state index is 13.4. The average molecular weight is 488 g/mol. The molecule has 32 heavy (non-hydrogen) atoms. The van der Waals surface area contributed by atoms with Gasteiger partial charge >= 0.3 is 0 Å². The molecule has 1 fully saturated rings. The van der Waals surface area contributed by atoms with Crippen molar-refractivity contribution >= 4 is 63.5 Å². The highest BCUT2D eigenvalue weighted by molar-refractivity contribution is 7.80. The number of amides is 2. The van der Waals surface area contributed by atoms with Crippen LogP contribution in [0, 0.1) is 5.82 Å². The Bertz CT molecular complexity index is 1120. The van der Waals surface area contributed by atoms with E-state index in [-0.39, 0.29) is 18.2 Å². The van der Waals surface area contributed by atoms with E-state index in [4.69, 9.17) is 23.8 Å². The van der Waals surface area contributed by atoms with Crippen molar-refractivity contribution < 1.29 is 14.0 Å². The minimum Gasteiger partial charge on any atom is -0.336 e. The van der Waals surface area contributed by atoms with Crippen LogP contribution in [-0.4, -0.2) is 34.4 Å². The summed E-state index contributed by atoms with van der Waals surface area (Å²) in [5.41, 5.74) is 1.07. The fraction of sp³-hybridized carbons (Fsp3) is 0.174. The Morgan fingerprint density at radius 2 is 1.84 bits per heavy atom. The Morgan fingerprint density at radius 1 is 1.12 bits per heavy atom. The lowest BCUT2D eigenvalue weighted by Crippen LogP contribution is -2.39. The molecule has 1 aromatic heterocycles. The second kappa shape index (κ2) is 9.77. The lowest BCUT2D eigenvalue weighted by Gasteiger charge is -2.23. The predicted molar refractivity (Wildman–Crippen MR) is 130 cm³/mol. The summed E-state index contributed by atoms with van der Waals surface area (Å²) in [5, 5.41) is 5.66. The molecule has 1 aliphatic rings. The van der Waals surface area contributed by atoms with Crippen molar-refractivity contribution in [1.82, 2.24) is 4.90 Å². The standard InChI is InChI=1S/C23H19ClFN3O2S2/c24-15-3-7-17(8-4-15)26-21(29)14-20-22(30)28(18-9-5-16(25)6-10-18)23(31)27(20)12-11-19-2-1-13-32-19/h1-10,13,20H,11-12,14H2,(H,26,29). The van der Waals surface area contributed by atoms with E-state index in [1.807, 2.05) is 17.5 Å². The minimum atomic E-state index is -0.750. The van der Waals surface area contributed by atoms with Crippen LogP contribution in [-0.2, 0) is 16.0 Å². The van der Waals surface area contributed by atoms with Gasteiger partial charge in [0.25, 0.3) is 5.91 Å². The van der Waals surface area contributed by atoms with Crippen LogP contribution in [0.15, 0.2) is 66.0 Å². The Kier molecular flexibility index (Phi) is 6.83. The summed E-state index contributed by atoms with van der Waals surface area (Å²) in [6.45, 7) is 0.488. The first-order valence-corrected chi connectivity index (χ1v) is 11.6. The molecule has 2 aromatic carbocycles. The number of nitrogens with zero attached hydrogens (tertiary/aromatic N) is 2. The Labute approximate surface area is 199 Å². The van der Waals surface area contributed by atoms with Crippen LogP contribution in [0.3, 0.4) is 0 Å². The van der Waals surface area contributed by atoms with Crippen molar-refractivity contribution in [1.29, 1.82) is 0 Å². The van der Waals surface area contributed by atoms with Crippen LogP contribution >= 0.6 is 35.2 Å². The van der Waals surface area contributed by atoms with Crippen LogP contribution in [0.5, 0.6) is 0 Å². The second-order valence-corrected chi connectivity index (χ2v) is 9.06. The maximum Gasteiger partial charge on any atom is 0.256 e. The van der Waals surface area contributed by atoms with E-state index in [1.54, 1.807) is 40.5 Å². The van der Waals surface area contributed by atoms with Crippen LogP contribution < -0.4 is 10.2 Å². The first-order valence-electron chi connectivity index (χ1n) is 9.90. The van der Waals surface area contributed by atoms with Gasteiger partial charge in [0.2, 0.25) is 5.91 Å². The average Bonchev–Trinajstić information content (AvgIpc) is 3.36. The summed E-state index contributed by atoms with van der Waals surface area (Å²) in [7, 11) is 0. The molecule has 2 heterocycles. The Hall–Kier alpha value is -2.81. The molecular weight excluding hydrogens is 469 g/mol. The topological polar surface area (TPSA) is 52.7 Å². The largest absolute Gasteiger partial charge is 0.336 e. The molecular formula is C23H19ClFN3O2S2. The highest BCUT2D eigenvalue weighted by Crippen LogP contribution is 2.28. The van der Waals surface area contributed by atoms with Crippen molar-refractivity contribution in [2.75, 3.05) is 16.8 Å². The van der Waals surface area contributed by atoms with E-state index in [1.165, 1.54) is 29.2 Å². The monoisotopic (exact) mass is 487 g/mol. The van der Waals surface area contributed by atoms with Gasteiger partial charge in [0.15, 0.2) is 5.11 Å². The fourth-order valence-corrected chi connectivity index (χ4v) is 4.76. The molecule has 0 saturated carbocycles. The van der Waals surface area contributed by atoms with E-state index in [2.05, 4.69) is 5.32 Å². The van der Waals surface area contributed by atoms with Gasteiger partial charge in [-0.1, -0.05) is 17.7 Å². The smallest absolute Gasteiger partial charge is 0.256 e. The van der Waals surface area contributed by atoms with Gasteiger partial charge in [-0.3, -0.25) is 14.5 Å². The maximum atomic E-state index is 13.4. The molecule has 164 valence electrons. The molecule has 2 amide bonds. The first kappa shape index (κ1) is 22.4. The molecule has 1 saturated heterocycles. The van der Waals surface area contributed by atoms with Gasteiger partial charge < -0.3 is 10.2 Å². The van der Waals surface area contributed by atoms with Gasteiger partial charge in [-0.15, -0.1) is 11.3 Å². The van der Waals surface area contributed by atoms with Gasteiger partial charge in [-0.2, -0.15) is 0 Å². The van der Waals surface area contributed by atoms with Crippen LogP contribution in [0.4, 0.5) is 15.8 Å². The van der Waals surface area contributed by atoms with Crippen molar-refractivity contribution in [3.63, 3.8) is 0 Å². The van der Waals surface area contributed by atoms with Gasteiger partial charge in [0.1, 0.15) is 11.9 Å². The summed E-state index contributed by atoms with van der Waals surface area (Å²) < 4.78 is 13.4. The number of thiophene rings is 1. The third-order valence-corrected chi connectivity index (χ3v) is 6.69. The Morgan fingerprint density at radius 3 is 2.50 bits per heavy atom. The zero-order chi connectivity index (χ0) is 22.7. The number of carbonyl (C=O) groups is 2. The number of halogens is 2. The molecule has 0 aliphatic carbocycles. The van der Waals surface area contributed by atoms with Crippen molar-refractivity contribution in [2.45, 2.75) is 18.9 Å². The fourth-order valence-electron chi connectivity index (χ4n) is 3.52. The number of benzene rings is 2. The molecule has 0 radical (unpaired) electrons. The third kappa shape index (κ3) is 4.98. The molecule has 1 aliphatic heterocycles. The van der Waals surface area contributed by atoms with Gasteiger partial charge in [-0.05, 0) is 78.6 Å². The molecule has 3 aromatic rings. The highest BCUT2D eigenvalue weighted by Gasteiger charge is 2.43. The summed E-state index contributed by atoms with van der Waals surface area (Å²) in [6.07, 6.45) is 0.626. The number of hydrogen-bond acceptors (Lipinski definition) is 4. The van der Waals surface area contributed by atoms with E-state index in [9.17, 15) is 14.0 Å². The van der Waals surface area contributed by atoms with Crippen molar-refractivity contribution in [3.8, 4) is 0 Å². The summed E-state index contributed by atoms with van der Waals surface area (Å²) in [4.78, 5) is 30.4. The molecule has 0 spiro atoms. The number of hydrogen-bond donors (Lipinski definition) is 1. The van der Waals surface area contributed by atoms with Crippen molar-refractivity contribution in [3.05, 3.63) is 81.8 Å². The van der Waals surface area contributed by atoms with Crippen LogP contribution in [0.2, 0.25) is 5.02 Å². The number of rotatable bonds is 7. The molecule has 1 unspecified atom stereocenters. The Balaban J connectivity index is 1.54. The van der Waals surface area contributed by atoms with E-state index >= 15 is 0 Å². The van der Waals surface area contributed by atoms with Gasteiger partial charge in [0, 0.05) is 22.1 Å². The molecule has 0 bridgehead atoms. The SMILES string of the molecule is O=C(CC1C(=O)N(c2ccc(F)cc2)C(=S)N1CCc1cccs1)Nc1ccc(Cl)cc1. The van der Waals surface area contributed by atoms with E-state index in [0.29, 0.717) is 34.5 Å². The lowest BCUT2D eigenvalue weighted by atomic mass is 10.1. The van der Waals surface area contributed by atoms with Gasteiger partial charge in [-0.25, -0.2) is 4.39 Å². The molecule has 1 N–H and O–H groups in total. The quantitative estimate of drug-likeness (QED) is 0.470. The molecule has 9 heteroatoms. The van der Waals surface area contributed by atoms with Gasteiger partial charge in [0.05, 0.1) is 12.1 Å². The van der Waals surface area contributed by atoms with E-state index in [0.717, 1.165) is 4.88 Å². The summed E-state index contributed by atoms with van der Waals surface area (Å²) in [5.74, 6) is -1.02. The number of carbonyl (C=O) groups excluding carboxylic acids is 2.